The van der Waals surface area contributed by atoms with E-state index in [1.165, 1.54) is 13.2 Å². The molecule has 1 unspecified atom stereocenters. The SMILES string of the molecule is COCc1c(C(O)C=O)cc2n(c1=O)Cc1cc3c(CN)c(O)ccc3nc1-2. The number of aldehydes is 1. The van der Waals surface area contributed by atoms with Crippen molar-refractivity contribution in [2.24, 2.45) is 5.73 Å². The summed E-state index contributed by atoms with van der Waals surface area (Å²) >= 11 is 0. The molecular weight excluding hydrogens is 362 g/mol. The van der Waals surface area contributed by atoms with Gasteiger partial charge in [-0.05, 0) is 24.3 Å². The van der Waals surface area contributed by atoms with Crippen LogP contribution in [0.4, 0.5) is 0 Å². The number of hydrogen-bond acceptors (Lipinski definition) is 7. The van der Waals surface area contributed by atoms with E-state index in [0.29, 0.717) is 35.3 Å². The molecule has 144 valence electrons. The number of nitrogens with zero attached hydrogens (tertiary/aromatic N) is 2. The molecule has 0 aliphatic carbocycles. The third-order valence-corrected chi connectivity index (χ3v) is 5.11. The summed E-state index contributed by atoms with van der Waals surface area (Å²) in [5.74, 6) is 0.100. The molecule has 1 aliphatic rings. The monoisotopic (exact) mass is 381 g/mol. The van der Waals surface area contributed by atoms with Crippen LogP contribution in [0.3, 0.4) is 0 Å². The van der Waals surface area contributed by atoms with E-state index in [4.69, 9.17) is 10.5 Å². The molecule has 1 aromatic carbocycles. The number of phenolic OH excluding ortho intramolecular Hbond substituents is 1. The van der Waals surface area contributed by atoms with Crippen molar-refractivity contribution in [3.63, 3.8) is 0 Å². The van der Waals surface area contributed by atoms with Gasteiger partial charge in [-0.2, -0.15) is 0 Å². The highest BCUT2D eigenvalue weighted by Crippen LogP contribution is 2.35. The van der Waals surface area contributed by atoms with E-state index in [0.717, 1.165) is 10.9 Å². The fourth-order valence-electron chi connectivity index (χ4n) is 3.75. The number of aromatic hydroxyl groups is 1. The van der Waals surface area contributed by atoms with E-state index in [1.807, 2.05) is 6.07 Å². The van der Waals surface area contributed by atoms with Crippen LogP contribution in [0.1, 0.15) is 28.4 Å². The van der Waals surface area contributed by atoms with Gasteiger partial charge in [0.25, 0.3) is 5.56 Å². The van der Waals surface area contributed by atoms with Gasteiger partial charge in [-0.3, -0.25) is 4.79 Å². The summed E-state index contributed by atoms with van der Waals surface area (Å²) in [5, 5.41) is 20.9. The van der Waals surface area contributed by atoms with E-state index >= 15 is 0 Å². The second-order valence-corrected chi connectivity index (χ2v) is 6.70. The summed E-state index contributed by atoms with van der Waals surface area (Å²) < 4.78 is 6.64. The fraction of sp³-hybridized carbons (Fsp3) is 0.250. The minimum Gasteiger partial charge on any atom is -0.508 e. The fourth-order valence-corrected chi connectivity index (χ4v) is 3.75. The number of aromatic nitrogens is 2. The van der Waals surface area contributed by atoms with Crippen molar-refractivity contribution in [2.45, 2.75) is 25.8 Å². The molecular formula is C20H19N3O5. The van der Waals surface area contributed by atoms with Crippen molar-refractivity contribution in [3.05, 3.63) is 56.9 Å². The molecule has 0 radical (unpaired) electrons. The molecule has 0 bridgehead atoms. The molecule has 2 aromatic heterocycles. The maximum absolute atomic E-state index is 13.0. The summed E-state index contributed by atoms with van der Waals surface area (Å²) in [4.78, 5) is 28.8. The van der Waals surface area contributed by atoms with Crippen molar-refractivity contribution in [2.75, 3.05) is 7.11 Å². The molecule has 0 saturated carbocycles. The number of methoxy groups -OCH3 is 1. The molecule has 4 rings (SSSR count). The zero-order valence-corrected chi connectivity index (χ0v) is 15.2. The lowest BCUT2D eigenvalue weighted by molar-refractivity contribution is -0.115. The molecule has 0 saturated heterocycles. The van der Waals surface area contributed by atoms with Crippen LogP contribution in [0, 0.1) is 0 Å². The number of nitrogens with two attached hydrogens (primary N) is 1. The molecule has 3 heterocycles. The van der Waals surface area contributed by atoms with Crippen LogP contribution in [-0.4, -0.2) is 33.2 Å². The highest BCUT2D eigenvalue weighted by Gasteiger charge is 2.27. The van der Waals surface area contributed by atoms with Gasteiger partial charge < -0.3 is 30.0 Å². The van der Waals surface area contributed by atoms with E-state index in [9.17, 15) is 19.8 Å². The van der Waals surface area contributed by atoms with Gasteiger partial charge in [0, 0.05) is 41.3 Å². The first-order chi connectivity index (χ1) is 13.5. The van der Waals surface area contributed by atoms with Crippen molar-refractivity contribution in [1.29, 1.82) is 0 Å². The normalized spacial score (nSPS) is 13.4. The number of hydrogen-bond donors (Lipinski definition) is 3. The lowest BCUT2D eigenvalue weighted by atomic mass is 10.0. The zero-order chi connectivity index (χ0) is 20.0. The first-order valence-electron chi connectivity index (χ1n) is 8.74. The molecule has 4 N–H and O–H groups in total. The average molecular weight is 381 g/mol. The summed E-state index contributed by atoms with van der Waals surface area (Å²) in [6, 6.07) is 6.71. The van der Waals surface area contributed by atoms with Gasteiger partial charge in [-0.1, -0.05) is 0 Å². The topological polar surface area (TPSA) is 128 Å². The van der Waals surface area contributed by atoms with E-state index in [-0.39, 0.29) is 35.6 Å². The number of phenols is 1. The lowest BCUT2D eigenvalue weighted by Crippen LogP contribution is -2.26. The van der Waals surface area contributed by atoms with Gasteiger partial charge in [-0.15, -0.1) is 0 Å². The van der Waals surface area contributed by atoms with Gasteiger partial charge >= 0.3 is 0 Å². The van der Waals surface area contributed by atoms with Crippen LogP contribution in [0.25, 0.3) is 22.3 Å². The smallest absolute Gasteiger partial charge is 0.257 e. The third-order valence-electron chi connectivity index (χ3n) is 5.11. The summed E-state index contributed by atoms with van der Waals surface area (Å²) in [5.41, 5.74) is 9.05. The number of pyridine rings is 2. The van der Waals surface area contributed by atoms with Gasteiger partial charge in [-0.25, -0.2) is 4.98 Å². The number of aliphatic hydroxyl groups is 1. The van der Waals surface area contributed by atoms with Crippen molar-refractivity contribution in [3.8, 4) is 17.1 Å². The Morgan fingerprint density at radius 3 is 2.82 bits per heavy atom. The Kier molecular flexibility index (Phi) is 4.46. The quantitative estimate of drug-likeness (QED) is 0.440. The Morgan fingerprint density at radius 1 is 1.36 bits per heavy atom. The second-order valence-electron chi connectivity index (χ2n) is 6.70. The predicted octanol–water partition coefficient (Wildman–Crippen LogP) is 0.968. The van der Waals surface area contributed by atoms with Crippen molar-refractivity contribution in [1.82, 2.24) is 9.55 Å². The molecule has 3 aromatic rings. The largest absolute Gasteiger partial charge is 0.508 e. The van der Waals surface area contributed by atoms with Gasteiger partial charge in [0.2, 0.25) is 0 Å². The zero-order valence-electron chi connectivity index (χ0n) is 15.2. The van der Waals surface area contributed by atoms with E-state index in [2.05, 4.69) is 4.98 Å². The standard InChI is InChI=1S/C20H19N3O5/c1-28-9-14-12(18(26)8-24)5-16-19-10(7-23(16)20(14)27)4-11-13(6-21)17(25)3-2-15(11)22-19/h2-5,8,18,25-26H,6-7,9,21H2,1H3. The molecule has 8 nitrogen and oxygen atoms in total. The van der Waals surface area contributed by atoms with Crippen molar-refractivity contribution < 1.29 is 19.7 Å². The van der Waals surface area contributed by atoms with Crippen LogP contribution in [-0.2, 0) is 29.2 Å². The molecule has 0 fully saturated rings. The van der Waals surface area contributed by atoms with Crippen LogP contribution in [0.15, 0.2) is 29.1 Å². The number of rotatable bonds is 5. The lowest BCUT2D eigenvalue weighted by Gasteiger charge is -2.14. The minimum absolute atomic E-state index is 0.0176. The van der Waals surface area contributed by atoms with Crippen LogP contribution >= 0.6 is 0 Å². The number of ether oxygens (including phenoxy) is 1. The number of aliphatic hydroxyl groups excluding tert-OH is 1. The molecule has 28 heavy (non-hydrogen) atoms. The molecule has 0 amide bonds. The first-order valence-corrected chi connectivity index (χ1v) is 8.74. The maximum Gasteiger partial charge on any atom is 0.257 e. The van der Waals surface area contributed by atoms with Gasteiger partial charge in [0.05, 0.1) is 30.1 Å². The Labute approximate surface area is 159 Å². The van der Waals surface area contributed by atoms with E-state index in [1.54, 1.807) is 16.7 Å². The average Bonchev–Trinajstić information content (AvgIpc) is 3.05. The second kappa shape index (κ2) is 6.83. The highest BCUT2D eigenvalue weighted by molar-refractivity contribution is 5.88. The molecule has 1 atom stereocenters. The molecule has 1 aliphatic heterocycles. The van der Waals surface area contributed by atoms with Gasteiger partial charge in [0.1, 0.15) is 11.9 Å². The van der Waals surface area contributed by atoms with Crippen LogP contribution in [0.2, 0.25) is 0 Å². The number of carbonyl (C=O) groups excluding carboxylic acids is 1. The Bertz CT molecular complexity index is 1170. The maximum atomic E-state index is 13.0. The third kappa shape index (κ3) is 2.62. The number of benzene rings is 1. The summed E-state index contributed by atoms with van der Waals surface area (Å²) in [7, 11) is 1.44. The molecule has 0 spiro atoms. The van der Waals surface area contributed by atoms with Crippen LogP contribution in [0.5, 0.6) is 5.75 Å². The summed E-state index contributed by atoms with van der Waals surface area (Å²) in [6.45, 7) is 0.431. The predicted molar refractivity (Wildman–Crippen MR) is 102 cm³/mol. The number of fused-ring (bicyclic) bond motifs is 4. The highest BCUT2D eigenvalue weighted by atomic mass is 16.5. The van der Waals surface area contributed by atoms with Crippen molar-refractivity contribution >= 4 is 17.2 Å². The summed E-state index contributed by atoms with van der Waals surface area (Å²) in [6.07, 6.45) is -1.04. The Morgan fingerprint density at radius 2 is 2.14 bits per heavy atom. The first kappa shape index (κ1) is 18.3. The molecule has 8 heteroatoms. The number of carbonyl (C=O) groups is 1. The van der Waals surface area contributed by atoms with Crippen LogP contribution < -0.4 is 11.3 Å². The van der Waals surface area contributed by atoms with E-state index < -0.39 is 6.10 Å². The van der Waals surface area contributed by atoms with Gasteiger partial charge in [0.15, 0.2) is 6.29 Å². The Balaban J connectivity index is 1.99. The Hall–Kier alpha value is -3.07. The minimum atomic E-state index is -1.42.